The number of carbonyl (C=O) groups is 1. The maximum absolute atomic E-state index is 12.6. The summed E-state index contributed by atoms with van der Waals surface area (Å²) in [7, 11) is -2.34. The van der Waals surface area contributed by atoms with Gasteiger partial charge >= 0.3 is 0 Å². The van der Waals surface area contributed by atoms with Gasteiger partial charge in [-0.2, -0.15) is 9.40 Å². The third kappa shape index (κ3) is 4.26. The van der Waals surface area contributed by atoms with Crippen LogP contribution in [0.2, 0.25) is 0 Å². The topological polar surface area (TPSA) is 84.3 Å². The molecule has 2 rings (SSSR count). The number of aromatic nitrogens is 2. The summed E-state index contributed by atoms with van der Waals surface area (Å²) in [5.74, 6) is 0.120. The van der Waals surface area contributed by atoms with Gasteiger partial charge in [0.2, 0.25) is 15.9 Å². The van der Waals surface area contributed by atoms with E-state index in [-0.39, 0.29) is 17.5 Å². The Kier molecular flexibility index (Phi) is 5.64. The van der Waals surface area contributed by atoms with Gasteiger partial charge in [0.25, 0.3) is 0 Å². The van der Waals surface area contributed by atoms with Crippen LogP contribution in [0, 0.1) is 13.8 Å². The molecule has 0 radical (unpaired) electrons. The summed E-state index contributed by atoms with van der Waals surface area (Å²) in [5, 5.41) is 6.83. The van der Waals surface area contributed by atoms with Crippen LogP contribution in [0.25, 0.3) is 0 Å². The van der Waals surface area contributed by atoms with Gasteiger partial charge in [0.1, 0.15) is 5.82 Å². The maximum Gasteiger partial charge on any atom is 0.243 e. The van der Waals surface area contributed by atoms with Gasteiger partial charge in [-0.25, -0.2) is 13.1 Å². The lowest BCUT2D eigenvalue weighted by Crippen LogP contribution is -2.35. The zero-order valence-corrected chi connectivity index (χ0v) is 16.0. The van der Waals surface area contributed by atoms with Crippen molar-refractivity contribution in [2.45, 2.75) is 38.6 Å². The van der Waals surface area contributed by atoms with Gasteiger partial charge in [-0.05, 0) is 51.0 Å². The van der Waals surface area contributed by atoms with Crippen LogP contribution in [0.3, 0.4) is 0 Å². The van der Waals surface area contributed by atoms with Crippen LogP contribution in [0.5, 0.6) is 0 Å². The molecular weight excluding hydrogens is 340 g/mol. The van der Waals surface area contributed by atoms with Crippen molar-refractivity contribution in [2.75, 3.05) is 18.9 Å². The zero-order valence-electron chi connectivity index (χ0n) is 15.1. The molecule has 1 aromatic heterocycles. The van der Waals surface area contributed by atoms with E-state index in [1.807, 2.05) is 27.7 Å². The molecule has 1 heterocycles. The summed E-state index contributed by atoms with van der Waals surface area (Å²) < 4.78 is 28.0. The van der Waals surface area contributed by atoms with E-state index >= 15 is 0 Å². The van der Waals surface area contributed by atoms with Crippen molar-refractivity contribution in [3.05, 3.63) is 41.6 Å². The highest BCUT2D eigenvalue weighted by atomic mass is 32.2. The van der Waals surface area contributed by atoms with E-state index < -0.39 is 15.9 Å². The standard InChI is InChI=1S/C17H24N4O3S/c1-12(2)21-16(8-9-18-21)19-17(22)11-20(5)25(23,24)15-7-6-13(3)14(4)10-15/h6-10,12H,11H2,1-5H3,(H,19,22). The molecule has 0 unspecified atom stereocenters. The number of nitrogens with one attached hydrogen (secondary N) is 1. The molecule has 136 valence electrons. The van der Waals surface area contributed by atoms with Gasteiger partial charge in [-0.3, -0.25) is 4.79 Å². The first-order valence-electron chi connectivity index (χ1n) is 8.00. The molecule has 0 atom stereocenters. The fourth-order valence-electron chi connectivity index (χ4n) is 2.35. The van der Waals surface area contributed by atoms with Crippen LogP contribution < -0.4 is 5.32 Å². The van der Waals surface area contributed by atoms with E-state index in [4.69, 9.17) is 0 Å². The highest BCUT2D eigenvalue weighted by Gasteiger charge is 2.23. The number of anilines is 1. The molecule has 0 fully saturated rings. The van der Waals surface area contributed by atoms with Crippen LogP contribution in [-0.4, -0.2) is 42.0 Å². The van der Waals surface area contributed by atoms with Gasteiger partial charge in [0.15, 0.2) is 0 Å². The Balaban J connectivity index is 2.12. The number of aryl methyl sites for hydroxylation is 2. The van der Waals surface area contributed by atoms with Crippen LogP contribution in [0.4, 0.5) is 5.82 Å². The Morgan fingerprint density at radius 1 is 1.24 bits per heavy atom. The van der Waals surface area contributed by atoms with Gasteiger partial charge in [-0.1, -0.05) is 6.07 Å². The molecule has 0 aliphatic heterocycles. The molecule has 0 spiro atoms. The van der Waals surface area contributed by atoms with E-state index in [0.717, 1.165) is 15.4 Å². The monoisotopic (exact) mass is 364 g/mol. The number of hydrogen-bond acceptors (Lipinski definition) is 4. The average molecular weight is 364 g/mol. The van der Waals surface area contributed by atoms with E-state index in [1.165, 1.54) is 7.05 Å². The fraction of sp³-hybridized carbons (Fsp3) is 0.412. The second-order valence-electron chi connectivity index (χ2n) is 6.31. The summed E-state index contributed by atoms with van der Waals surface area (Å²) >= 11 is 0. The van der Waals surface area contributed by atoms with Gasteiger partial charge in [-0.15, -0.1) is 0 Å². The van der Waals surface area contributed by atoms with Crippen LogP contribution in [0.1, 0.15) is 31.0 Å². The SMILES string of the molecule is Cc1ccc(S(=O)(=O)N(C)CC(=O)Nc2ccnn2C(C)C)cc1C. The third-order valence-electron chi connectivity index (χ3n) is 3.98. The molecule has 1 aromatic carbocycles. The molecule has 7 nitrogen and oxygen atoms in total. The van der Waals surface area contributed by atoms with Crippen LogP contribution in [0.15, 0.2) is 35.4 Å². The van der Waals surface area contributed by atoms with E-state index in [9.17, 15) is 13.2 Å². The summed E-state index contributed by atoms with van der Waals surface area (Å²) in [5.41, 5.74) is 1.90. The number of hydrogen-bond donors (Lipinski definition) is 1. The first kappa shape index (κ1) is 19.1. The summed E-state index contributed by atoms with van der Waals surface area (Å²) in [6, 6.07) is 6.70. The third-order valence-corrected chi connectivity index (χ3v) is 5.78. The number of nitrogens with zero attached hydrogens (tertiary/aromatic N) is 3. The molecular formula is C17H24N4O3S. The summed E-state index contributed by atoms with van der Waals surface area (Å²) in [4.78, 5) is 12.4. The lowest BCUT2D eigenvalue weighted by molar-refractivity contribution is -0.116. The predicted molar refractivity (Wildman–Crippen MR) is 97.0 cm³/mol. The molecule has 8 heteroatoms. The number of rotatable bonds is 6. The van der Waals surface area contributed by atoms with Crippen molar-refractivity contribution in [2.24, 2.45) is 0 Å². The van der Waals surface area contributed by atoms with Crippen LogP contribution in [-0.2, 0) is 14.8 Å². The number of likely N-dealkylation sites (N-methyl/N-ethyl adjacent to an activating group) is 1. The summed E-state index contributed by atoms with van der Waals surface area (Å²) in [6.07, 6.45) is 1.59. The molecule has 0 aliphatic carbocycles. The van der Waals surface area contributed by atoms with E-state index in [0.29, 0.717) is 5.82 Å². The number of carbonyl (C=O) groups excluding carboxylic acids is 1. The van der Waals surface area contributed by atoms with Crippen molar-refractivity contribution in [1.29, 1.82) is 0 Å². The van der Waals surface area contributed by atoms with Gasteiger partial charge in [0.05, 0.1) is 17.6 Å². The highest BCUT2D eigenvalue weighted by molar-refractivity contribution is 7.89. The molecule has 1 N–H and O–H groups in total. The summed E-state index contributed by atoms with van der Waals surface area (Å²) in [6.45, 7) is 7.38. The molecule has 25 heavy (non-hydrogen) atoms. The molecule has 1 amide bonds. The van der Waals surface area contributed by atoms with Gasteiger partial charge < -0.3 is 5.32 Å². The number of amides is 1. The normalized spacial score (nSPS) is 12.0. The van der Waals surface area contributed by atoms with Crippen molar-refractivity contribution < 1.29 is 13.2 Å². The Hall–Kier alpha value is -2.19. The van der Waals surface area contributed by atoms with Crippen molar-refractivity contribution >= 4 is 21.7 Å². The van der Waals surface area contributed by atoms with Crippen molar-refractivity contribution in [3.8, 4) is 0 Å². The number of benzene rings is 1. The van der Waals surface area contributed by atoms with E-state index in [2.05, 4.69) is 10.4 Å². The first-order valence-corrected chi connectivity index (χ1v) is 9.44. The molecule has 2 aromatic rings. The highest BCUT2D eigenvalue weighted by Crippen LogP contribution is 2.18. The molecule has 0 saturated carbocycles. The lowest BCUT2D eigenvalue weighted by Gasteiger charge is -2.18. The quantitative estimate of drug-likeness (QED) is 0.853. The van der Waals surface area contributed by atoms with Crippen LogP contribution >= 0.6 is 0 Å². The van der Waals surface area contributed by atoms with Gasteiger partial charge in [0, 0.05) is 19.2 Å². The minimum Gasteiger partial charge on any atom is -0.310 e. The smallest absolute Gasteiger partial charge is 0.243 e. The van der Waals surface area contributed by atoms with E-state index in [1.54, 1.807) is 35.1 Å². The molecule has 0 bridgehead atoms. The Morgan fingerprint density at radius 2 is 1.92 bits per heavy atom. The minimum atomic E-state index is -3.73. The number of sulfonamides is 1. The fourth-order valence-corrected chi connectivity index (χ4v) is 3.56. The zero-order chi connectivity index (χ0) is 18.8. The van der Waals surface area contributed by atoms with Crippen molar-refractivity contribution in [1.82, 2.24) is 14.1 Å². The average Bonchev–Trinajstić information content (AvgIpc) is 2.97. The largest absolute Gasteiger partial charge is 0.310 e. The minimum absolute atomic E-state index is 0.0855. The second kappa shape index (κ2) is 7.37. The Labute approximate surface area is 148 Å². The Bertz CT molecular complexity index is 872. The predicted octanol–water partition coefficient (Wildman–Crippen LogP) is 2.34. The van der Waals surface area contributed by atoms with Crippen molar-refractivity contribution in [3.63, 3.8) is 0 Å². The first-order chi connectivity index (χ1) is 11.6. The Morgan fingerprint density at radius 3 is 2.52 bits per heavy atom. The molecule has 0 saturated heterocycles. The lowest BCUT2D eigenvalue weighted by atomic mass is 10.1. The second-order valence-corrected chi connectivity index (χ2v) is 8.35. The maximum atomic E-state index is 12.6. The molecule has 0 aliphatic rings.